The minimum atomic E-state index is -3.03. The summed E-state index contributed by atoms with van der Waals surface area (Å²) in [6, 6.07) is 0.237. The van der Waals surface area contributed by atoms with Crippen LogP contribution in [0.3, 0.4) is 0 Å². The van der Waals surface area contributed by atoms with Crippen LogP contribution in [0.25, 0.3) is 0 Å². The van der Waals surface area contributed by atoms with Crippen LogP contribution >= 0.6 is 0 Å². The molecule has 1 aliphatic rings. The maximum Gasteiger partial charge on any atom is 0.211 e. The van der Waals surface area contributed by atoms with Gasteiger partial charge in [0.15, 0.2) is 0 Å². The number of hydrogen-bond acceptors (Lipinski definition) is 3. The summed E-state index contributed by atoms with van der Waals surface area (Å²) in [6.07, 6.45) is 13.3. The Balaban J connectivity index is 2.17. The van der Waals surface area contributed by atoms with Gasteiger partial charge in [-0.1, -0.05) is 45.4 Å². The van der Waals surface area contributed by atoms with Crippen molar-refractivity contribution < 1.29 is 8.42 Å². The lowest BCUT2D eigenvalue weighted by Gasteiger charge is -2.32. The highest BCUT2D eigenvalue weighted by Gasteiger charge is 2.26. The predicted octanol–water partition coefficient (Wildman–Crippen LogP) is 3.13. The predicted molar refractivity (Wildman–Crippen MR) is 89.7 cm³/mol. The van der Waals surface area contributed by atoms with Gasteiger partial charge in [0.25, 0.3) is 0 Å². The normalized spacial score (nSPS) is 22.3. The van der Waals surface area contributed by atoms with Gasteiger partial charge in [0, 0.05) is 19.1 Å². The third kappa shape index (κ3) is 8.17. The van der Waals surface area contributed by atoms with Crippen molar-refractivity contribution in [1.82, 2.24) is 4.31 Å². The molecule has 1 heterocycles. The van der Waals surface area contributed by atoms with E-state index in [-0.39, 0.29) is 6.04 Å². The summed E-state index contributed by atoms with van der Waals surface area (Å²) in [4.78, 5) is 0. The van der Waals surface area contributed by atoms with E-state index in [1.54, 1.807) is 4.31 Å². The highest BCUT2D eigenvalue weighted by atomic mass is 32.2. The largest absolute Gasteiger partial charge is 0.328 e. The first-order valence-corrected chi connectivity index (χ1v) is 10.5. The smallest absolute Gasteiger partial charge is 0.211 e. The molecule has 0 aliphatic carbocycles. The summed E-state index contributed by atoms with van der Waals surface area (Å²) >= 11 is 0. The number of piperidine rings is 1. The van der Waals surface area contributed by atoms with Crippen molar-refractivity contribution in [3.8, 4) is 0 Å². The Kier molecular flexibility index (Phi) is 8.83. The first-order valence-electron chi connectivity index (χ1n) is 8.64. The summed E-state index contributed by atoms with van der Waals surface area (Å²) < 4.78 is 24.8. The fourth-order valence-electron chi connectivity index (χ4n) is 3.25. The molecule has 1 aliphatic heterocycles. The number of sulfonamides is 1. The Bertz CT molecular complexity index is 370. The lowest BCUT2D eigenvalue weighted by Crippen LogP contribution is -2.41. The molecular formula is C16H34N2O2S. The molecule has 1 fully saturated rings. The van der Waals surface area contributed by atoms with Crippen LogP contribution in [-0.2, 0) is 10.0 Å². The molecule has 0 aromatic heterocycles. The average Bonchev–Trinajstić information content (AvgIpc) is 2.42. The van der Waals surface area contributed by atoms with Gasteiger partial charge in [-0.3, -0.25) is 0 Å². The molecule has 0 aromatic carbocycles. The van der Waals surface area contributed by atoms with E-state index in [2.05, 4.69) is 6.92 Å². The SMILES string of the molecule is CCCCCCCCC(N)CC1CCCN(S(C)(=O)=O)C1. The van der Waals surface area contributed by atoms with Crippen LogP contribution in [0.5, 0.6) is 0 Å². The molecule has 0 saturated carbocycles. The number of nitrogens with zero attached hydrogens (tertiary/aromatic N) is 1. The van der Waals surface area contributed by atoms with Crippen LogP contribution in [0.2, 0.25) is 0 Å². The number of nitrogens with two attached hydrogens (primary N) is 1. The van der Waals surface area contributed by atoms with Crippen molar-refractivity contribution in [2.24, 2.45) is 11.7 Å². The Morgan fingerprint density at radius 1 is 1.19 bits per heavy atom. The van der Waals surface area contributed by atoms with E-state index in [4.69, 9.17) is 5.73 Å². The van der Waals surface area contributed by atoms with Gasteiger partial charge in [-0.05, 0) is 31.6 Å². The Morgan fingerprint density at radius 2 is 1.86 bits per heavy atom. The van der Waals surface area contributed by atoms with Crippen molar-refractivity contribution in [1.29, 1.82) is 0 Å². The zero-order chi connectivity index (χ0) is 15.7. The third-order valence-corrected chi connectivity index (χ3v) is 5.78. The van der Waals surface area contributed by atoms with Gasteiger partial charge in [0.05, 0.1) is 6.26 Å². The quantitative estimate of drug-likeness (QED) is 0.629. The second-order valence-electron chi connectivity index (χ2n) is 6.68. The molecule has 4 nitrogen and oxygen atoms in total. The molecule has 0 spiro atoms. The molecular weight excluding hydrogens is 284 g/mol. The average molecular weight is 319 g/mol. The maximum atomic E-state index is 11.6. The number of unbranched alkanes of at least 4 members (excludes halogenated alkanes) is 5. The van der Waals surface area contributed by atoms with Crippen LogP contribution in [0.4, 0.5) is 0 Å². The molecule has 21 heavy (non-hydrogen) atoms. The monoisotopic (exact) mass is 318 g/mol. The fourth-order valence-corrected chi connectivity index (χ4v) is 4.20. The minimum Gasteiger partial charge on any atom is -0.328 e. The van der Waals surface area contributed by atoms with E-state index in [0.29, 0.717) is 19.0 Å². The van der Waals surface area contributed by atoms with Gasteiger partial charge in [-0.15, -0.1) is 0 Å². The summed E-state index contributed by atoms with van der Waals surface area (Å²) in [6.45, 7) is 3.59. The lowest BCUT2D eigenvalue weighted by molar-refractivity contribution is 0.243. The maximum absolute atomic E-state index is 11.6. The molecule has 0 radical (unpaired) electrons. The molecule has 2 N–H and O–H groups in total. The molecule has 2 atom stereocenters. The van der Waals surface area contributed by atoms with Gasteiger partial charge in [-0.2, -0.15) is 0 Å². The Hall–Kier alpha value is -0.130. The van der Waals surface area contributed by atoms with E-state index in [1.807, 2.05) is 0 Å². The summed E-state index contributed by atoms with van der Waals surface area (Å²) in [5.41, 5.74) is 6.23. The standard InChI is InChI=1S/C16H34N2O2S/c1-3-4-5-6-7-8-11-16(17)13-15-10-9-12-18(14-15)21(2,19)20/h15-16H,3-14,17H2,1-2H3. The van der Waals surface area contributed by atoms with Gasteiger partial charge in [0.2, 0.25) is 10.0 Å². The highest BCUT2D eigenvalue weighted by Crippen LogP contribution is 2.23. The molecule has 1 saturated heterocycles. The second-order valence-corrected chi connectivity index (χ2v) is 8.66. The van der Waals surface area contributed by atoms with Crippen LogP contribution in [-0.4, -0.2) is 38.1 Å². The Morgan fingerprint density at radius 3 is 2.52 bits per heavy atom. The zero-order valence-corrected chi connectivity index (χ0v) is 14.7. The van der Waals surface area contributed by atoms with Gasteiger partial charge < -0.3 is 5.73 Å². The molecule has 2 unspecified atom stereocenters. The van der Waals surface area contributed by atoms with E-state index < -0.39 is 10.0 Å². The number of rotatable bonds is 10. The van der Waals surface area contributed by atoms with Crippen molar-refractivity contribution in [2.75, 3.05) is 19.3 Å². The topological polar surface area (TPSA) is 63.4 Å². The molecule has 0 amide bonds. The minimum absolute atomic E-state index is 0.237. The first-order chi connectivity index (χ1) is 9.93. The van der Waals surface area contributed by atoms with Gasteiger partial charge in [-0.25, -0.2) is 12.7 Å². The fraction of sp³-hybridized carbons (Fsp3) is 1.00. The van der Waals surface area contributed by atoms with Crippen LogP contribution in [0, 0.1) is 5.92 Å². The summed E-state index contributed by atoms with van der Waals surface area (Å²) in [7, 11) is -3.03. The van der Waals surface area contributed by atoms with E-state index >= 15 is 0 Å². The summed E-state index contributed by atoms with van der Waals surface area (Å²) in [5.74, 6) is 0.448. The zero-order valence-electron chi connectivity index (χ0n) is 13.9. The van der Waals surface area contributed by atoms with Crippen molar-refractivity contribution in [2.45, 2.75) is 77.2 Å². The molecule has 126 valence electrons. The van der Waals surface area contributed by atoms with Crippen molar-refractivity contribution >= 4 is 10.0 Å². The first kappa shape index (κ1) is 18.9. The van der Waals surface area contributed by atoms with Crippen LogP contribution in [0.1, 0.15) is 71.1 Å². The summed E-state index contributed by atoms with van der Waals surface area (Å²) in [5, 5.41) is 0. The van der Waals surface area contributed by atoms with Crippen molar-refractivity contribution in [3.05, 3.63) is 0 Å². The second kappa shape index (κ2) is 9.80. The van der Waals surface area contributed by atoms with E-state index in [0.717, 1.165) is 25.7 Å². The third-order valence-electron chi connectivity index (χ3n) is 4.52. The molecule has 0 bridgehead atoms. The van der Waals surface area contributed by atoms with Crippen molar-refractivity contribution in [3.63, 3.8) is 0 Å². The van der Waals surface area contributed by atoms with Gasteiger partial charge >= 0.3 is 0 Å². The molecule has 0 aromatic rings. The number of hydrogen-bond donors (Lipinski definition) is 1. The Labute approximate surface area is 131 Å². The highest BCUT2D eigenvalue weighted by molar-refractivity contribution is 7.88. The van der Waals surface area contributed by atoms with E-state index in [9.17, 15) is 8.42 Å². The molecule has 1 rings (SSSR count). The van der Waals surface area contributed by atoms with Gasteiger partial charge in [0.1, 0.15) is 0 Å². The van der Waals surface area contributed by atoms with E-state index in [1.165, 1.54) is 44.8 Å². The van der Waals surface area contributed by atoms with Crippen LogP contribution < -0.4 is 5.73 Å². The van der Waals surface area contributed by atoms with Crippen LogP contribution in [0.15, 0.2) is 0 Å². The lowest BCUT2D eigenvalue weighted by atomic mass is 9.90. The molecule has 5 heteroatoms.